The summed E-state index contributed by atoms with van der Waals surface area (Å²) in [5, 5.41) is 8.32. The SMILES string of the molecule is C.CN(C)c1nc(NC2CCC(CNCc3ccccc3)CC2)nc2ccccc12. The van der Waals surface area contributed by atoms with E-state index in [0.29, 0.717) is 6.04 Å². The summed E-state index contributed by atoms with van der Waals surface area (Å²) in [6, 6.07) is 19.3. The zero-order valence-electron chi connectivity index (χ0n) is 17.4. The molecule has 2 aromatic carbocycles. The van der Waals surface area contributed by atoms with Gasteiger partial charge in [-0.1, -0.05) is 49.9 Å². The molecule has 3 aromatic rings. The van der Waals surface area contributed by atoms with Gasteiger partial charge in [-0.05, 0) is 55.8 Å². The summed E-state index contributed by atoms with van der Waals surface area (Å²) in [5.41, 5.74) is 2.35. The summed E-state index contributed by atoms with van der Waals surface area (Å²) in [7, 11) is 4.07. The number of benzene rings is 2. The number of fused-ring (bicyclic) bond motifs is 1. The highest BCUT2D eigenvalue weighted by atomic mass is 15.2. The van der Waals surface area contributed by atoms with Crippen LogP contribution >= 0.6 is 0 Å². The first-order chi connectivity index (χ1) is 14.2. The number of rotatable bonds is 7. The van der Waals surface area contributed by atoms with Crippen molar-refractivity contribution >= 4 is 22.7 Å². The topological polar surface area (TPSA) is 53.1 Å². The number of hydrogen-bond acceptors (Lipinski definition) is 5. The highest BCUT2D eigenvalue weighted by Gasteiger charge is 2.22. The van der Waals surface area contributed by atoms with Crippen molar-refractivity contribution in [1.29, 1.82) is 0 Å². The minimum absolute atomic E-state index is 0. The van der Waals surface area contributed by atoms with E-state index in [0.717, 1.165) is 41.7 Å². The van der Waals surface area contributed by atoms with E-state index >= 15 is 0 Å². The Kier molecular flexibility index (Phi) is 7.63. The van der Waals surface area contributed by atoms with E-state index in [-0.39, 0.29) is 7.43 Å². The van der Waals surface area contributed by atoms with Crippen molar-refractivity contribution in [3.8, 4) is 0 Å². The maximum absolute atomic E-state index is 4.79. The Morgan fingerprint density at radius 1 is 0.900 bits per heavy atom. The van der Waals surface area contributed by atoms with Gasteiger partial charge in [-0.25, -0.2) is 4.98 Å². The van der Waals surface area contributed by atoms with Crippen molar-refractivity contribution in [2.24, 2.45) is 5.92 Å². The molecule has 160 valence electrons. The van der Waals surface area contributed by atoms with Crippen LogP contribution in [-0.2, 0) is 6.54 Å². The zero-order chi connectivity index (χ0) is 20.1. The van der Waals surface area contributed by atoms with Crippen molar-refractivity contribution in [3.63, 3.8) is 0 Å². The molecule has 5 nitrogen and oxygen atoms in total. The quantitative estimate of drug-likeness (QED) is 0.573. The summed E-state index contributed by atoms with van der Waals surface area (Å²) < 4.78 is 0. The van der Waals surface area contributed by atoms with Crippen LogP contribution < -0.4 is 15.5 Å². The van der Waals surface area contributed by atoms with Gasteiger partial charge in [0.25, 0.3) is 0 Å². The molecule has 0 radical (unpaired) electrons. The molecule has 0 aliphatic heterocycles. The molecule has 0 saturated heterocycles. The Morgan fingerprint density at radius 2 is 1.60 bits per heavy atom. The molecule has 4 rings (SSSR count). The summed E-state index contributed by atoms with van der Waals surface area (Å²) in [5.74, 6) is 2.47. The molecule has 0 atom stereocenters. The molecule has 1 heterocycles. The van der Waals surface area contributed by atoms with E-state index < -0.39 is 0 Å². The third kappa shape index (κ3) is 5.48. The van der Waals surface area contributed by atoms with Gasteiger partial charge in [-0.3, -0.25) is 0 Å². The number of para-hydroxylation sites is 1. The van der Waals surface area contributed by atoms with Crippen LogP contribution in [0.2, 0.25) is 0 Å². The van der Waals surface area contributed by atoms with Gasteiger partial charge in [-0.15, -0.1) is 0 Å². The Morgan fingerprint density at radius 3 is 2.33 bits per heavy atom. The maximum Gasteiger partial charge on any atom is 0.225 e. The van der Waals surface area contributed by atoms with Crippen LogP contribution in [0.5, 0.6) is 0 Å². The van der Waals surface area contributed by atoms with Gasteiger partial charge in [0.1, 0.15) is 5.82 Å². The van der Waals surface area contributed by atoms with Crippen molar-refractivity contribution in [3.05, 3.63) is 60.2 Å². The minimum atomic E-state index is 0. The van der Waals surface area contributed by atoms with Gasteiger partial charge in [-0.2, -0.15) is 4.98 Å². The Hall–Kier alpha value is -2.66. The van der Waals surface area contributed by atoms with Crippen LogP contribution in [0, 0.1) is 5.92 Å². The fraction of sp³-hybridized carbons (Fsp3) is 0.440. The van der Waals surface area contributed by atoms with Gasteiger partial charge < -0.3 is 15.5 Å². The summed E-state index contributed by atoms with van der Waals surface area (Å²) >= 11 is 0. The van der Waals surface area contributed by atoms with Crippen LogP contribution in [0.15, 0.2) is 54.6 Å². The molecule has 1 fully saturated rings. The van der Waals surface area contributed by atoms with Gasteiger partial charge >= 0.3 is 0 Å². The van der Waals surface area contributed by atoms with Crippen LogP contribution in [0.4, 0.5) is 11.8 Å². The monoisotopic (exact) mass is 405 g/mol. The number of aromatic nitrogens is 2. The predicted octanol–water partition coefficient (Wildman–Crippen LogP) is 5.09. The molecule has 1 saturated carbocycles. The van der Waals surface area contributed by atoms with Gasteiger partial charge in [0.15, 0.2) is 0 Å². The van der Waals surface area contributed by atoms with Crippen molar-refractivity contribution in [1.82, 2.24) is 15.3 Å². The second kappa shape index (κ2) is 10.4. The lowest BCUT2D eigenvalue weighted by atomic mass is 9.86. The van der Waals surface area contributed by atoms with Gasteiger partial charge in [0.2, 0.25) is 5.95 Å². The number of hydrogen-bond donors (Lipinski definition) is 2. The van der Waals surface area contributed by atoms with Crippen LogP contribution in [0.1, 0.15) is 38.7 Å². The van der Waals surface area contributed by atoms with Crippen LogP contribution in [-0.4, -0.2) is 36.6 Å². The van der Waals surface area contributed by atoms with E-state index in [1.54, 1.807) is 0 Å². The molecule has 2 N–H and O–H groups in total. The molecule has 0 bridgehead atoms. The average molecular weight is 406 g/mol. The molecule has 0 amide bonds. The highest BCUT2D eigenvalue weighted by molar-refractivity contribution is 5.90. The molecule has 1 aliphatic carbocycles. The fourth-order valence-corrected chi connectivity index (χ4v) is 4.18. The van der Waals surface area contributed by atoms with Crippen molar-refractivity contribution in [2.45, 2.75) is 45.7 Å². The average Bonchev–Trinajstić information content (AvgIpc) is 2.75. The smallest absolute Gasteiger partial charge is 0.225 e. The molecule has 0 spiro atoms. The molecule has 1 aromatic heterocycles. The van der Waals surface area contributed by atoms with Crippen molar-refractivity contribution in [2.75, 3.05) is 30.9 Å². The van der Waals surface area contributed by atoms with E-state index in [9.17, 15) is 0 Å². The first-order valence-corrected chi connectivity index (χ1v) is 10.6. The van der Waals surface area contributed by atoms with Crippen LogP contribution in [0.25, 0.3) is 10.9 Å². The molecule has 1 aliphatic rings. The lowest BCUT2D eigenvalue weighted by Gasteiger charge is -2.29. The first kappa shape index (κ1) is 22.0. The standard InChI is InChI=1S/C24H31N5.CH4/c1-29(2)23-21-10-6-7-11-22(21)27-24(28-23)26-20-14-12-19(13-15-20)17-25-16-18-8-4-3-5-9-18;/h3-11,19-20,25H,12-17H2,1-2H3,(H,26,27,28);1H4. The number of anilines is 2. The van der Waals surface area contributed by atoms with Gasteiger partial charge in [0, 0.05) is 32.1 Å². The molecule has 0 unspecified atom stereocenters. The molecule has 5 heteroatoms. The third-order valence-corrected chi connectivity index (χ3v) is 5.79. The Bertz CT molecular complexity index is 917. The second-order valence-electron chi connectivity index (χ2n) is 8.26. The lowest BCUT2D eigenvalue weighted by Crippen LogP contribution is -2.31. The molecule has 30 heavy (non-hydrogen) atoms. The second-order valence-corrected chi connectivity index (χ2v) is 8.26. The van der Waals surface area contributed by atoms with Crippen LogP contribution in [0.3, 0.4) is 0 Å². The lowest BCUT2D eigenvalue weighted by molar-refractivity contribution is 0.324. The minimum Gasteiger partial charge on any atom is -0.362 e. The molecular formula is C25H35N5. The third-order valence-electron chi connectivity index (χ3n) is 5.79. The zero-order valence-corrected chi connectivity index (χ0v) is 17.4. The summed E-state index contributed by atoms with van der Waals surface area (Å²) in [6.45, 7) is 2.05. The Labute approximate surface area is 180 Å². The van der Waals surface area contributed by atoms with Crippen molar-refractivity contribution < 1.29 is 0 Å². The predicted molar refractivity (Wildman–Crippen MR) is 128 cm³/mol. The fourth-order valence-electron chi connectivity index (χ4n) is 4.18. The van der Waals surface area contributed by atoms with E-state index in [1.165, 1.54) is 31.2 Å². The summed E-state index contributed by atoms with van der Waals surface area (Å²) in [4.78, 5) is 11.6. The molecular weight excluding hydrogens is 370 g/mol. The highest BCUT2D eigenvalue weighted by Crippen LogP contribution is 2.28. The number of nitrogens with zero attached hydrogens (tertiary/aromatic N) is 3. The normalized spacial score (nSPS) is 18.6. The van der Waals surface area contributed by atoms with E-state index in [1.807, 2.05) is 26.2 Å². The largest absolute Gasteiger partial charge is 0.362 e. The number of nitrogens with one attached hydrogen (secondary N) is 2. The van der Waals surface area contributed by atoms with Gasteiger partial charge in [0.05, 0.1) is 5.52 Å². The first-order valence-electron chi connectivity index (χ1n) is 10.6. The Balaban J connectivity index is 0.00000256. The maximum atomic E-state index is 4.79. The summed E-state index contributed by atoms with van der Waals surface area (Å²) in [6.07, 6.45) is 4.83. The van der Waals surface area contributed by atoms with E-state index in [2.05, 4.69) is 58.0 Å². The van der Waals surface area contributed by atoms with E-state index in [4.69, 9.17) is 9.97 Å².